The molecule has 0 fully saturated rings. The third-order valence-corrected chi connectivity index (χ3v) is 5.58. The fourth-order valence-corrected chi connectivity index (χ4v) is 4.48. The first kappa shape index (κ1) is 14.1. The second kappa shape index (κ2) is 6.30. The van der Waals surface area contributed by atoms with Crippen LogP contribution >= 0.6 is 22.9 Å². The van der Waals surface area contributed by atoms with Crippen LogP contribution in [0, 0.1) is 0 Å². The maximum absolute atomic E-state index is 6.05. The summed E-state index contributed by atoms with van der Waals surface area (Å²) < 4.78 is 0.888. The van der Waals surface area contributed by atoms with E-state index in [4.69, 9.17) is 11.6 Å². The Hall–Kier alpha value is -0.830. The van der Waals surface area contributed by atoms with Crippen molar-refractivity contribution in [2.45, 2.75) is 37.6 Å². The summed E-state index contributed by atoms with van der Waals surface area (Å²) in [6.07, 6.45) is 4.87. The molecule has 0 aliphatic heterocycles. The van der Waals surface area contributed by atoms with E-state index in [1.165, 1.54) is 29.7 Å². The minimum absolute atomic E-state index is 0.492. The van der Waals surface area contributed by atoms with Gasteiger partial charge in [0.2, 0.25) is 0 Å². The van der Waals surface area contributed by atoms with E-state index in [9.17, 15) is 0 Å². The largest absolute Gasteiger partial charge is 0.316 e. The topological polar surface area (TPSA) is 12.0 Å². The number of hydrogen-bond acceptors (Lipinski definition) is 2. The van der Waals surface area contributed by atoms with Gasteiger partial charge in [-0.3, -0.25) is 0 Å². The van der Waals surface area contributed by atoms with Gasteiger partial charge in [0.25, 0.3) is 0 Å². The number of benzene rings is 1. The molecule has 1 heterocycles. The van der Waals surface area contributed by atoms with Crippen LogP contribution in [0.5, 0.6) is 0 Å². The van der Waals surface area contributed by atoms with Crippen LogP contribution in [0.25, 0.3) is 0 Å². The van der Waals surface area contributed by atoms with Crippen LogP contribution < -0.4 is 5.32 Å². The molecule has 1 aliphatic carbocycles. The van der Waals surface area contributed by atoms with Gasteiger partial charge in [-0.1, -0.05) is 35.9 Å². The molecule has 0 radical (unpaired) electrons. The molecule has 1 aliphatic rings. The Morgan fingerprint density at radius 3 is 2.90 bits per heavy atom. The fourth-order valence-electron chi connectivity index (χ4n) is 3.33. The number of hydrogen-bond donors (Lipinski definition) is 1. The van der Waals surface area contributed by atoms with Crippen molar-refractivity contribution in [1.82, 2.24) is 5.32 Å². The molecule has 0 spiro atoms. The Bertz CT molecular complexity index is 578. The second-order valence-electron chi connectivity index (χ2n) is 5.50. The molecule has 0 saturated heterocycles. The van der Waals surface area contributed by atoms with Crippen molar-refractivity contribution in [3.8, 4) is 0 Å². The quantitative estimate of drug-likeness (QED) is 0.867. The zero-order chi connectivity index (χ0) is 13.9. The Morgan fingerprint density at radius 1 is 1.30 bits per heavy atom. The van der Waals surface area contributed by atoms with Gasteiger partial charge in [-0.05, 0) is 61.9 Å². The molecule has 3 rings (SSSR count). The number of thiophene rings is 1. The fraction of sp³-hybridized carbons (Fsp3) is 0.412. The smallest absolute Gasteiger partial charge is 0.0931 e. The average Bonchev–Trinajstić information content (AvgIpc) is 2.89. The lowest BCUT2D eigenvalue weighted by molar-refractivity contribution is 0.413. The summed E-state index contributed by atoms with van der Waals surface area (Å²) in [5.74, 6) is 0.617. The zero-order valence-electron chi connectivity index (χ0n) is 11.7. The standard InChI is InChI=1S/C17H20ClNS/c1-19-16(11-13-9-10-17(18)20-13)15-8-4-6-12-5-2-3-7-14(12)15/h2-3,5,7,9-10,15-16,19H,4,6,8,11H2,1H3. The zero-order valence-corrected chi connectivity index (χ0v) is 13.3. The summed E-state index contributed by atoms with van der Waals surface area (Å²) in [4.78, 5) is 1.37. The van der Waals surface area contributed by atoms with Gasteiger partial charge in [-0.2, -0.15) is 0 Å². The molecule has 1 N–H and O–H groups in total. The summed E-state index contributed by atoms with van der Waals surface area (Å²) in [5.41, 5.74) is 3.08. The van der Waals surface area contributed by atoms with Gasteiger partial charge in [0, 0.05) is 10.9 Å². The molecule has 2 atom stereocenters. The Balaban J connectivity index is 1.83. The molecule has 1 nitrogen and oxygen atoms in total. The first-order valence-corrected chi connectivity index (χ1v) is 8.46. The van der Waals surface area contributed by atoms with Crippen molar-refractivity contribution >= 4 is 22.9 Å². The number of fused-ring (bicyclic) bond motifs is 1. The van der Waals surface area contributed by atoms with E-state index < -0.39 is 0 Å². The van der Waals surface area contributed by atoms with Crippen LogP contribution in [0.1, 0.15) is 34.8 Å². The summed E-state index contributed by atoms with van der Waals surface area (Å²) in [5, 5.41) is 3.53. The lowest BCUT2D eigenvalue weighted by Gasteiger charge is -2.32. The molecule has 106 valence electrons. The Morgan fingerprint density at radius 2 is 2.15 bits per heavy atom. The number of likely N-dealkylation sites (N-methyl/N-ethyl adjacent to an activating group) is 1. The first-order chi connectivity index (χ1) is 9.78. The predicted molar refractivity (Wildman–Crippen MR) is 88.0 cm³/mol. The second-order valence-corrected chi connectivity index (χ2v) is 7.30. The maximum atomic E-state index is 6.05. The van der Waals surface area contributed by atoms with Crippen molar-refractivity contribution < 1.29 is 0 Å². The van der Waals surface area contributed by atoms with Crippen LogP contribution in [0.15, 0.2) is 36.4 Å². The third kappa shape index (κ3) is 2.93. The van der Waals surface area contributed by atoms with Crippen LogP contribution in [0.2, 0.25) is 4.34 Å². The van der Waals surface area contributed by atoms with E-state index in [1.54, 1.807) is 16.9 Å². The summed E-state index contributed by atoms with van der Waals surface area (Å²) >= 11 is 7.75. The van der Waals surface area contributed by atoms with Gasteiger partial charge < -0.3 is 5.32 Å². The maximum Gasteiger partial charge on any atom is 0.0931 e. The monoisotopic (exact) mass is 305 g/mol. The van der Waals surface area contributed by atoms with Gasteiger partial charge in [0.05, 0.1) is 4.34 Å². The van der Waals surface area contributed by atoms with E-state index in [0.29, 0.717) is 12.0 Å². The molecule has 3 heteroatoms. The molecule has 2 aromatic rings. The average molecular weight is 306 g/mol. The van der Waals surface area contributed by atoms with Crippen LogP contribution in [0.3, 0.4) is 0 Å². The highest BCUT2D eigenvalue weighted by Crippen LogP contribution is 2.35. The van der Waals surface area contributed by atoms with E-state index in [-0.39, 0.29) is 0 Å². The summed E-state index contributed by atoms with van der Waals surface area (Å²) in [6.45, 7) is 0. The number of rotatable bonds is 4. The van der Waals surface area contributed by atoms with Gasteiger partial charge in [-0.25, -0.2) is 0 Å². The van der Waals surface area contributed by atoms with Crippen LogP contribution in [-0.4, -0.2) is 13.1 Å². The molecule has 0 amide bonds. The van der Waals surface area contributed by atoms with E-state index in [1.807, 2.05) is 6.07 Å². The summed E-state index contributed by atoms with van der Waals surface area (Å²) in [6, 6.07) is 13.6. The van der Waals surface area contributed by atoms with Crippen LogP contribution in [-0.2, 0) is 12.8 Å². The van der Waals surface area contributed by atoms with Crippen molar-refractivity contribution in [2.24, 2.45) is 0 Å². The Kier molecular flexibility index (Phi) is 4.45. The summed E-state index contributed by atoms with van der Waals surface area (Å²) in [7, 11) is 2.08. The van der Waals surface area contributed by atoms with Gasteiger partial charge >= 0.3 is 0 Å². The highest BCUT2D eigenvalue weighted by atomic mass is 35.5. The molecular formula is C17H20ClNS. The van der Waals surface area contributed by atoms with Gasteiger partial charge in [-0.15, -0.1) is 11.3 Å². The lowest BCUT2D eigenvalue weighted by atomic mass is 9.78. The lowest BCUT2D eigenvalue weighted by Crippen LogP contribution is -2.35. The SMILES string of the molecule is CNC(Cc1ccc(Cl)s1)C1CCCc2ccccc21. The normalized spacial score (nSPS) is 19.6. The van der Waals surface area contributed by atoms with E-state index in [2.05, 4.69) is 42.7 Å². The minimum Gasteiger partial charge on any atom is -0.316 e. The van der Waals surface area contributed by atoms with E-state index >= 15 is 0 Å². The van der Waals surface area contributed by atoms with Gasteiger partial charge in [0.1, 0.15) is 0 Å². The van der Waals surface area contributed by atoms with E-state index in [0.717, 1.165) is 10.8 Å². The third-order valence-electron chi connectivity index (χ3n) is 4.32. The van der Waals surface area contributed by atoms with Gasteiger partial charge in [0.15, 0.2) is 0 Å². The molecule has 1 aromatic heterocycles. The van der Waals surface area contributed by atoms with Crippen molar-refractivity contribution in [1.29, 1.82) is 0 Å². The molecule has 20 heavy (non-hydrogen) atoms. The molecule has 2 unspecified atom stereocenters. The number of aryl methyl sites for hydroxylation is 1. The highest BCUT2D eigenvalue weighted by molar-refractivity contribution is 7.16. The van der Waals surface area contributed by atoms with Crippen LogP contribution in [0.4, 0.5) is 0 Å². The number of nitrogens with one attached hydrogen (secondary N) is 1. The molecular weight excluding hydrogens is 286 g/mol. The molecule has 0 saturated carbocycles. The van der Waals surface area contributed by atoms with Crippen molar-refractivity contribution in [3.05, 3.63) is 56.7 Å². The molecule has 1 aromatic carbocycles. The highest BCUT2D eigenvalue weighted by Gasteiger charge is 2.27. The first-order valence-electron chi connectivity index (χ1n) is 7.27. The molecule has 0 bridgehead atoms. The number of halogens is 1. The Labute approximate surface area is 130 Å². The minimum atomic E-state index is 0.492. The predicted octanol–water partition coefficient (Wildman–Crippen LogP) is 4.65. The van der Waals surface area contributed by atoms with Crippen molar-refractivity contribution in [3.63, 3.8) is 0 Å². The van der Waals surface area contributed by atoms with Crippen molar-refractivity contribution in [2.75, 3.05) is 7.05 Å².